The first-order chi connectivity index (χ1) is 12.2. The molecule has 0 aromatic heterocycles. The average Bonchev–Trinajstić information content (AvgIpc) is 2.64. The van der Waals surface area contributed by atoms with E-state index in [1.165, 1.54) is 10.8 Å². The Morgan fingerprint density at radius 2 is 1.84 bits per heavy atom. The first-order valence-electron chi connectivity index (χ1n) is 9.16. The number of carboxylic acid groups (broad SMARTS) is 1. The van der Waals surface area contributed by atoms with Gasteiger partial charge in [0, 0.05) is 17.9 Å². The van der Waals surface area contributed by atoms with Gasteiger partial charge in [0.25, 0.3) is 0 Å². The molecule has 0 spiro atoms. The van der Waals surface area contributed by atoms with E-state index in [1.54, 1.807) is 0 Å². The van der Waals surface area contributed by atoms with E-state index < -0.39 is 5.97 Å². The van der Waals surface area contributed by atoms with Gasteiger partial charge in [-0.2, -0.15) is 0 Å². The summed E-state index contributed by atoms with van der Waals surface area (Å²) in [4.78, 5) is 13.0. The van der Waals surface area contributed by atoms with Gasteiger partial charge < -0.3 is 10.0 Å². The number of carboxylic acids is 1. The van der Waals surface area contributed by atoms with E-state index in [9.17, 15) is 4.79 Å². The van der Waals surface area contributed by atoms with Crippen molar-refractivity contribution in [3.8, 4) is 11.8 Å². The van der Waals surface area contributed by atoms with Crippen LogP contribution in [0.5, 0.6) is 0 Å². The number of hydrogen-bond acceptors (Lipinski definition) is 2. The third-order valence-electron chi connectivity index (χ3n) is 4.90. The number of piperidine rings is 1. The number of carbonyl (C=O) groups is 1. The Hall–Kier alpha value is -2.31. The van der Waals surface area contributed by atoms with Crippen LogP contribution in [0.15, 0.2) is 42.5 Å². The largest absolute Gasteiger partial charge is 0.481 e. The van der Waals surface area contributed by atoms with Crippen molar-refractivity contribution in [3.05, 3.63) is 48.0 Å². The lowest BCUT2D eigenvalue weighted by Crippen LogP contribution is -2.34. The van der Waals surface area contributed by atoms with E-state index in [2.05, 4.69) is 59.2 Å². The predicted molar refractivity (Wildman–Crippen MR) is 101 cm³/mol. The van der Waals surface area contributed by atoms with E-state index in [-0.39, 0.29) is 6.42 Å². The zero-order chi connectivity index (χ0) is 17.5. The third kappa shape index (κ3) is 5.08. The molecule has 1 heterocycles. The quantitative estimate of drug-likeness (QED) is 0.659. The van der Waals surface area contributed by atoms with Gasteiger partial charge in [0.15, 0.2) is 0 Å². The number of likely N-dealkylation sites (tertiary alicyclic amines) is 1. The molecular weight excluding hydrogens is 310 g/mol. The zero-order valence-electron chi connectivity index (χ0n) is 14.6. The molecule has 0 radical (unpaired) electrons. The third-order valence-corrected chi connectivity index (χ3v) is 4.90. The van der Waals surface area contributed by atoms with Crippen LogP contribution in [-0.2, 0) is 4.79 Å². The Balaban J connectivity index is 1.51. The van der Waals surface area contributed by atoms with Crippen molar-refractivity contribution in [1.29, 1.82) is 0 Å². The molecule has 3 rings (SSSR count). The van der Waals surface area contributed by atoms with Gasteiger partial charge in [0.2, 0.25) is 0 Å². The molecule has 1 saturated heterocycles. The minimum Gasteiger partial charge on any atom is -0.481 e. The number of fused-ring (bicyclic) bond motifs is 1. The molecule has 1 fully saturated rings. The van der Waals surface area contributed by atoms with Gasteiger partial charge in [-0.15, -0.1) is 0 Å². The molecule has 130 valence electrons. The molecule has 2 aromatic carbocycles. The maximum atomic E-state index is 10.5. The number of rotatable bonds is 5. The zero-order valence-corrected chi connectivity index (χ0v) is 14.6. The second-order valence-corrected chi connectivity index (χ2v) is 6.76. The highest BCUT2D eigenvalue weighted by Crippen LogP contribution is 2.20. The van der Waals surface area contributed by atoms with Crippen molar-refractivity contribution in [2.45, 2.75) is 32.1 Å². The second-order valence-electron chi connectivity index (χ2n) is 6.76. The highest BCUT2D eigenvalue weighted by Gasteiger charge is 2.17. The molecule has 1 aliphatic rings. The monoisotopic (exact) mass is 335 g/mol. The Morgan fingerprint density at radius 3 is 2.64 bits per heavy atom. The molecule has 0 amide bonds. The lowest BCUT2D eigenvalue weighted by Gasteiger charge is -2.29. The van der Waals surface area contributed by atoms with Crippen molar-refractivity contribution >= 4 is 16.7 Å². The number of benzene rings is 2. The van der Waals surface area contributed by atoms with Gasteiger partial charge in [-0.05, 0) is 62.2 Å². The Bertz CT molecular complexity index is 774. The van der Waals surface area contributed by atoms with Gasteiger partial charge in [-0.25, -0.2) is 0 Å². The first-order valence-corrected chi connectivity index (χ1v) is 9.16. The molecular formula is C22H25NO2. The van der Waals surface area contributed by atoms with Crippen molar-refractivity contribution < 1.29 is 9.90 Å². The van der Waals surface area contributed by atoms with Crippen LogP contribution in [0.1, 0.15) is 37.7 Å². The van der Waals surface area contributed by atoms with Gasteiger partial charge in [-0.1, -0.05) is 48.2 Å². The van der Waals surface area contributed by atoms with E-state index in [4.69, 9.17) is 5.11 Å². The van der Waals surface area contributed by atoms with Crippen LogP contribution in [-0.4, -0.2) is 35.6 Å². The molecule has 1 aliphatic heterocycles. The average molecular weight is 335 g/mol. The van der Waals surface area contributed by atoms with Crippen molar-refractivity contribution in [2.24, 2.45) is 5.92 Å². The van der Waals surface area contributed by atoms with Gasteiger partial charge in [0.1, 0.15) is 0 Å². The summed E-state index contributed by atoms with van der Waals surface area (Å²) in [6.45, 7) is 3.15. The van der Waals surface area contributed by atoms with E-state index >= 15 is 0 Å². The standard InChI is InChI=1S/C22H25NO2/c24-22(25)10-3-4-15-23-16-13-18(14-17-23)11-12-20-8-5-7-19-6-1-2-9-21(19)20/h1-2,5-9,18H,3-4,10,13-17H2,(H,24,25). The minimum absolute atomic E-state index is 0.285. The fourth-order valence-corrected chi connectivity index (χ4v) is 3.43. The molecule has 25 heavy (non-hydrogen) atoms. The molecule has 0 unspecified atom stereocenters. The maximum Gasteiger partial charge on any atom is 0.303 e. The molecule has 1 N–H and O–H groups in total. The van der Waals surface area contributed by atoms with Crippen molar-refractivity contribution in [3.63, 3.8) is 0 Å². The van der Waals surface area contributed by atoms with Crippen LogP contribution in [0, 0.1) is 17.8 Å². The molecule has 0 saturated carbocycles. The molecule has 0 bridgehead atoms. The summed E-state index contributed by atoms with van der Waals surface area (Å²) >= 11 is 0. The second kappa shape index (κ2) is 8.69. The summed E-state index contributed by atoms with van der Waals surface area (Å²) in [5, 5.41) is 11.1. The summed E-state index contributed by atoms with van der Waals surface area (Å²) in [7, 11) is 0. The first kappa shape index (κ1) is 17.5. The Labute approximate surface area is 149 Å². The van der Waals surface area contributed by atoms with Crippen LogP contribution < -0.4 is 0 Å². The number of unbranched alkanes of at least 4 members (excludes halogenated alkanes) is 1. The topological polar surface area (TPSA) is 40.5 Å². The van der Waals surface area contributed by atoms with E-state index in [1.807, 2.05) is 0 Å². The predicted octanol–water partition coefficient (Wildman–Crippen LogP) is 4.16. The Morgan fingerprint density at radius 1 is 1.08 bits per heavy atom. The van der Waals surface area contributed by atoms with Crippen LogP contribution >= 0.6 is 0 Å². The molecule has 0 aliphatic carbocycles. The Kier molecular flexibility index (Phi) is 6.09. The van der Waals surface area contributed by atoms with Crippen LogP contribution in [0.25, 0.3) is 10.8 Å². The highest BCUT2D eigenvalue weighted by molar-refractivity contribution is 5.88. The molecule has 0 atom stereocenters. The van der Waals surface area contributed by atoms with Crippen molar-refractivity contribution in [2.75, 3.05) is 19.6 Å². The van der Waals surface area contributed by atoms with E-state index in [0.29, 0.717) is 5.92 Å². The molecule has 3 heteroatoms. The van der Waals surface area contributed by atoms with Gasteiger partial charge in [-0.3, -0.25) is 4.79 Å². The summed E-state index contributed by atoms with van der Waals surface area (Å²) in [5.41, 5.74) is 1.12. The summed E-state index contributed by atoms with van der Waals surface area (Å²) in [5.74, 6) is 6.66. The van der Waals surface area contributed by atoms with Crippen LogP contribution in [0.3, 0.4) is 0 Å². The number of hydrogen-bond donors (Lipinski definition) is 1. The minimum atomic E-state index is -0.692. The smallest absolute Gasteiger partial charge is 0.303 e. The summed E-state index contributed by atoms with van der Waals surface area (Å²) in [6.07, 6.45) is 4.25. The van der Waals surface area contributed by atoms with Crippen molar-refractivity contribution in [1.82, 2.24) is 4.90 Å². The van der Waals surface area contributed by atoms with Crippen LogP contribution in [0.2, 0.25) is 0 Å². The van der Waals surface area contributed by atoms with E-state index in [0.717, 1.165) is 50.9 Å². The number of nitrogens with zero attached hydrogens (tertiary/aromatic N) is 1. The van der Waals surface area contributed by atoms with Crippen LogP contribution in [0.4, 0.5) is 0 Å². The molecule has 3 nitrogen and oxygen atoms in total. The molecule has 2 aromatic rings. The van der Waals surface area contributed by atoms with Gasteiger partial charge in [0.05, 0.1) is 0 Å². The summed E-state index contributed by atoms with van der Waals surface area (Å²) < 4.78 is 0. The fraction of sp³-hybridized carbons (Fsp3) is 0.409. The highest BCUT2D eigenvalue weighted by atomic mass is 16.4. The lowest BCUT2D eigenvalue weighted by molar-refractivity contribution is -0.137. The summed E-state index contributed by atoms with van der Waals surface area (Å²) in [6, 6.07) is 14.7. The maximum absolute atomic E-state index is 10.5. The fourth-order valence-electron chi connectivity index (χ4n) is 3.43. The SMILES string of the molecule is O=C(O)CCCCN1CCC(C#Cc2cccc3ccccc23)CC1. The lowest BCUT2D eigenvalue weighted by atomic mass is 9.96. The normalized spacial score (nSPS) is 15.7. The van der Waals surface area contributed by atoms with Gasteiger partial charge >= 0.3 is 5.97 Å². The number of aliphatic carboxylic acids is 1.